The summed E-state index contributed by atoms with van der Waals surface area (Å²) in [6.45, 7) is 1.66. The van der Waals surface area contributed by atoms with E-state index in [2.05, 4.69) is 37.2 Å². The molecule has 1 aromatic rings. The van der Waals surface area contributed by atoms with Gasteiger partial charge in [0.2, 0.25) is 5.91 Å². The molecule has 1 aromatic carbocycles. The fourth-order valence-corrected chi connectivity index (χ4v) is 2.50. The minimum absolute atomic E-state index is 0.000965. The van der Waals surface area contributed by atoms with Crippen molar-refractivity contribution in [2.75, 3.05) is 10.6 Å². The van der Waals surface area contributed by atoms with Crippen LogP contribution in [0.5, 0.6) is 0 Å². The van der Waals surface area contributed by atoms with Crippen molar-refractivity contribution in [1.29, 1.82) is 0 Å². The van der Waals surface area contributed by atoms with Gasteiger partial charge in [0.05, 0.1) is 10.6 Å². The molecule has 1 N–H and O–H groups in total. The molecule has 104 valence electrons. The third-order valence-electron chi connectivity index (χ3n) is 2.54. The number of aryl methyl sites for hydroxylation is 1. The van der Waals surface area contributed by atoms with Crippen LogP contribution in [-0.4, -0.2) is 16.2 Å². The number of nitrogens with one attached hydrogen (secondary N) is 1. The summed E-state index contributed by atoms with van der Waals surface area (Å²) in [6.07, 6.45) is 2.10. The molecule has 0 unspecified atom stereocenters. The first-order valence-electron chi connectivity index (χ1n) is 5.76. The van der Waals surface area contributed by atoms with E-state index < -0.39 is 4.92 Å². The van der Waals surface area contributed by atoms with Gasteiger partial charge in [-0.3, -0.25) is 14.9 Å². The van der Waals surface area contributed by atoms with Crippen molar-refractivity contribution in [3.63, 3.8) is 0 Å². The van der Waals surface area contributed by atoms with Crippen molar-refractivity contribution in [3.05, 3.63) is 32.3 Å². The van der Waals surface area contributed by atoms with Crippen LogP contribution in [-0.2, 0) is 4.79 Å². The predicted octanol–water partition coefficient (Wildman–Crippen LogP) is 4.17. The molecular weight excluding hydrogens is 380 g/mol. The summed E-state index contributed by atoms with van der Waals surface area (Å²) in [5.74, 6) is -0.139. The van der Waals surface area contributed by atoms with Crippen LogP contribution in [0, 0.1) is 17.0 Å². The number of rotatable bonds is 6. The Kier molecular flexibility index (Phi) is 6.44. The van der Waals surface area contributed by atoms with E-state index >= 15 is 0 Å². The maximum atomic E-state index is 11.7. The summed E-state index contributed by atoms with van der Waals surface area (Å²) in [4.78, 5) is 22.1. The number of halogens is 2. The van der Waals surface area contributed by atoms with Gasteiger partial charge in [-0.1, -0.05) is 15.9 Å². The number of carbonyl (C=O) groups is 1. The standard InChI is InChI=1S/C12H14Br2N2O3/c1-8-6-9(14)10(7-11(8)16(18)19)15-12(17)4-2-3-5-13/h6-7H,2-5H2,1H3,(H,15,17). The second-order valence-electron chi connectivity index (χ2n) is 4.07. The summed E-state index contributed by atoms with van der Waals surface area (Å²) in [7, 11) is 0. The molecule has 1 amide bonds. The molecule has 0 aliphatic rings. The van der Waals surface area contributed by atoms with E-state index in [0.29, 0.717) is 22.1 Å². The number of anilines is 1. The molecule has 0 heterocycles. The molecule has 0 aliphatic heterocycles. The van der Waals surface area contributed by atoms with E-state index in [9.17, 15) is 14.9 Å². The lowest BCUT2D eigenvalue weighted by Crippen LogP contribution is -2.12. The molecule has 7 heteroatoms. The molecule has 0 atom stereocenters. The minimum atomic E-state index is -0.456. The quantitative estimate of drug-likeness (QED) is 0.341. The maximum Gasteiger partial charge on any atom is 0.274 e. The molecular formula is C12H14Br2N2O3. The Bertz CT molecular complexity index is 492. The summed E-state index contributed by atoms with van der Waals surface area (Å²) in [6, 6.07) is 3.01. The Hall–Kier alpha value is -0.950. The van der Waals surface area contributed by atoms with Gasteiger partial charge in [0, 0.05) is 27.9 Å². The topological polar surface area (TPSA) is 72.2 Å². The largest absolute Gasteiger partial charge is 0.325 e. The van der Waals surface area contributed by atoms with Gasteiger partial charge in [0.15, 0.2) is 0 Å². The first-order valence-corrected chi connectivity index (χ1v) is 7.67. The van der Waals surface area contributed by atoms with Gasteiger partial charge in [0.25, 0.3) is 5.69 Å². The number of nitrogens with zero attached hydrogens (tertiary/aromatic N) is 1. The third kappa shape index (κ3) is 4.91. The Morgan fingerprint density at radius 2 is 2.11 bits per heavy atom. The second-order valence-corrected chi connectivity index (χ2v) is 5.72. The first-order chi connectivity index (χ1) is 8.95. The number of benzene rings is 1. The third-order valence-corrected chi connectivity index (χ3v) is 3.76. The van der Waals surface area contributed by atoms with Gasteiger partial charge in [-0.15, -0.1) is 0 Å². The summed E-state index contributed by atoms with van der Waals surface area (Å²) >= 11 is 6.59. The Morgan fingerprint density at radius 1 is 1.42 bits per heavy atom. The smallest absolute Gasteiger partial charge is 0.274 e. The Balaban J connectivity index is 2.80. The molecule has 5 nitrogen and oxygen atoms in total. The van der Waals surface area contributed by atoms with Gasteiger partial charge in [-0.2, -0.15) is 0 Å². The van der Waals surface area contributed by atoms with E-state index in [1.807, 2.05) is 0 Å². The van der Waals surface area contributed by atoms with Crippen molar-refractivity contribution in [2.24, 2.45) is 0 Å². The van der Waals surface area contributed by atoms with Gasteiger partial charge < -0.3 is 5.32 Å². The van der Waals surface area contributed by atoms with Crippen molar-refractivity contribution < 1.29 is 9.72 Å². The summed E-state index contributed by atoms with van der Waals surface area (Å²) in [5.41, 5.74) is 0.981. The molecule has 0 radical (unpaired) electrons. The molecule has 0 fully saturated rings. The zero-order valence-electron chi connectivity index (χ0n) is 10.4. The predicted molar refractivity (Wildman–Crippen MR) is 81.8 cm³/mol. The number of hydrogen-bond acceptors (Lipinski definition) is 3. The minimum Gasteiger partial charge on any atom is -0.325 e. The van der Waals surface area contributed by atoms with Crippen LogP contribution in [0.25, 0.3) is 0 Å². The Morgan fingerprint density at radius 3 is 2.68 bits per heavy atom. The van der Waals surface area contributed by atoms with E-state index in [4.69, 9.17) is 0 Å². The Labute approximate surface area is 128 Å². The molecule has 0 aromatic heterocycles. The molecule has 19 heavy (non-hydrogen) atoms. The van der Waals surface area contributed by atoms with E-state index in [-0.39, 0.29) is 11.6 Å². The number of nitro benzene ring substituents is 1. The lowest BCUT2D eigenvalue weighted by Gasteiger charge is -2.08. The van der Waals surface area contributed by atoms with Gasteiger partial charge in [-0.05, 0) is 41.8 Å². The average Bonchev–Trinajstić information content (AvgIpc) is 2.32. The molecule has 0 saturated carbocycles. The van der Waals surface area contributed by atoms with Crippen molar-refractivity contribution in [3.8, 4) is 0 Å². The van der Waals surface area contributed by atoms with Gasteiger partial charge in [-0.25, -0.2) is 0 Å². The van der Waals surface area contributed by atoms with Gasteiger partial charge in [0.1, 0.15) is 0 Å². The molecule has 0 bridgehead atoms. The van der Waals surface area contributed by atoms with Crippen LogP contribution in [0.3, 0.4) is 0 Å². The highest BCUT2D eigenvalue weighted by Gasteiger charge is 2.15. The van der Waals surface area contributed by atoms with Crippen molar-refractivity contribution in [1.82, 2.24) is 0 Å². The van der Waals surface area contributed by atoms with E-state index in [1.54, 1.807) is 13.0 Å². The summed E-state index contributed by atoms with van der Waals surface area (Å²) < 4.78 is 0.643. The number of amides is 1. The van der Waals surface area contributed by atoms with Crippen LogP contribution in [0.4, 0.5) is 11.4 Å². The lowest BCUT2D eigenvalue weighted by atomic mass is 10.1. The van der Waals surface area contributed by atoms with Crippen LogP contribution in [0.1, 0.15) is 24.8 Å². The zero-order valence-corrected chi connectivity index (χ0v) is 13.6. The molecule has 0 aliphatic carbocycles. The highest BCUT2D eigenvalue weighted by molar-refractivity contribution is 9.10. The van der Waals surface area contributed by atoms with Crippen LogP contribution < -0.4 is 5.32 Å². The fourth-order valence-electron chi connectivity index (χ4n) is 1.55. The van der Waals surface area contributed by atoms with E-state index in [1.165, 1.54) is 6.07 Å². The average molecular weight is 394 g/mol. The number of alkyl halides is 1. The fraction of sp³-hybridized carbons (Fsp3) is 0.417. The van der Waals surface area contributed by atoms with Crippen molar-refractivity contribution in [2.45, 2.75) is 26.2 Å². The van der Waals surface area contributed by atoms with Crippen LogP contribution >= 0.6 is 31.9 Å². The van der Waals surface area contributed by atoms with Crippen LogP contribution in [0.15, 0.2) is 16.6 Å². The highest BCUT2D eigenvalue weighted by Crippen LogP contribution is 2.30. The number of unbranched alkanes of at least 4 members (excludes halogenated alkanes) is 1. The monoisotopic (exact) mass is 392 g/mol. The lowest BCUT2D eigenvalue weighted by molar-refractivity contribution is -0.385. The van der Waals surface area contributed by atoms with Crippen molar-refractivity contribution >= 4 is 49.1 Å². The molecule has 0 saturated heterocycles. The normalized spacial score (nSPS) is 10.3. The SMILES string of the molecule is Cc1cc(Br)c(NC(=O)CCCCBr)cc1[N+](=O)[O-]. The second kappa shape index (κ2) is 7.59. The molecule has 0 spiro atoms. The number of hydrogen-bond donors (Lipinski definition) is 1. The zero-order chi connectivity index (χ0) is 14.4. The molecule has 1 rings (SSSR count). The number of carbonyl (C=O) groups excluding carboxylic acids is 1. The summed E-state index contributed by atoms with van der Waals surface area (Å²) in [5, 5.41) is 14.4. The van der Waals surface area contributed by atoms with E-state index in [0.717, 1.165) is 18.2 Å². The van der Waals surface area contributed by atoms with Crippen LogP contribution in [0.2, 0.25) is 0 Å². The number of nitro groups is 1. The first kappa shape index (κ1) is 16.1. The van der Waals surface area contributed by atoms with Gasteiger partial charge >= 0.3 is 0 Å². The highest BCUT2D eigenvalue weighted by atomic mass is 79.9. The maximum absolute atomic E-state index is 11.7.